The third-order valence-corrected chi connectivity index (χ3v) is 7.46. The van der Waals surface area contributed by atoms with Gasteiger partial charge in [0.2, 0.25) is 0 Å². The number of hydrogen-bond donors (Lipinski definition) is 0. The first-order valence-electron chi connectivity index (χ1n) is 14.1. The minimum atomic E-state index is -0.503. The molecule has 2 aliphatic rings. The lowest BCUT2D eigenvalue weighted by Crippen LogP contribution is -2.44. The number of benzene rings is 1. The molecule has 4 rings (SSSR count). The molecular formula is C31H43N3O4. The van der Waals surface area contributed by atoms with Crippen LogP contribution in [0.4, 0.5) is 4.79 Å². The lowest BCUT2D eigenvalue weighted by molar-refractivity contribution is 0.0171. The van der Waals surface area contributed by atoms with E-state index in [-0.39, 0.29) is 18.1 Å². The maximum Gasteiger partial charge on any atom is 0.410 e. The van der Waals surface area contributed by atoms with E-state index in [0.717, 1.165) is 58.3 Å². The van der Waals surface area contributed by atoms with Gasteiger partial charge >= 0.3 is 12.1 Å². The van der Waals surface area contributed by atoms with Crippen LogP contribution >= 0.6 is 0 Å². The fourth-order valence-electron chi connectivity index (χ4n) is 5.34. The Balaban J connectivity index is 1.23. The van der Waals surface area contributed by atoms with E-state index in [9.17, 15) is 9.59 Å². The second-order valence-corrected chi connectivity index (χ2v) is 11.6. The molecule has 1 aromatic heterocycles. The van der Waals surface area contributed by atoms with Crippen molar-refractivity contribution in [2.24, 2.45) is 5.92 Å². The van der Waals surface area contributed by atoms with Crippen LogP contribution in [0.1, 0.15) is 80.8 Å². The second kappa shape index (κ2) is 12.7. The number of carbonyl (C=O) groups excluding carboxylic acids is 2. The van der Waals surface area contributed by atoms with Crippen molar-refractivity contribution < 1.29 is 19.1 Å². The highest BCUT2D eigenvalue weighted by molar-refractivity contribution is 5.89. The number of nitrogens with zero attached hydrogens (tertiary/aromatic N) is 3. The predicted octanol–water partition coefficient (Wildman–Crippen LogP) is 5.70. The summed E-state index contributed by atoms with van der Waals surface area (Å²) < 4.78 is 10.9. The molecule has 0 bridgehead atoms. The molecule has 2 unspecified atom stereocenters. The van der Waals surface area contributed by atoms with Crippen molar-refractivity contribution in [3.8, 4) is 0 Å². The van der Waals surface area contributed by atoms with E-state index < -0.39 is 5.60 Å². The Morgan fingerprint density at radius 2 is 1.84 bits per heavy atom. The maximum atomic E-state index is 13.2. The normalized spacial score (nSPS) is 20.1. The SMILES string of the molecule is CCOC(=O)c1ccc(CCCN2CCC(CN(C(=O)OC(C)(C)C)C3CC3c3cccnc3)CC2)cc1. The minimum absolute atomic E-state index is 0.190. The Hall–Kier alpha value is -2.93. The molecular weight excluding hydrogens is 478 g/mol. The number of carbonyl (C=O) groups is 2. The van der Waals surface area contributed by atoms with Crippen LogP contribution in [0, 0.1) is 5.92 Å². The molecule has 2 fully saturated rings. The van der Waals surface area contributed by atoms with Crippen LogP contribution < -0.4 is 0 Å². The second-order valence-electron chi connectivity index (χ2n) is 11.6. The number of pyridine rings is 1. The number of likely N-dealkylation sites (tertiary alicyclic amines) is 1. The predicted molar refractivity (Wildman–Crippen MR) is 148 cm³/mol. The zero-order valence-corrected chi connectivity index (χ0v) is 23.4. The molecule has 1 aromatic carbocycles. The summed E-state index contributed by atoms with van der Waals surface area (Å²) in [6, 6.07) is 12.0. The van der Waals surface area contributed by atoms with Crippen molar-refractivity contribution in [1.29, 1.82) is 0 Å². The van der Waals surface area contributed by atoms with Gasteiger partial charge in [0.25, 0.3) is 0 Å². The first-order chi connectivity index (χ1) is 18.2. The number of piperidine rings is 1. The molecule has 2 atom stereocenters. The summed E-state index contributed by atoms with van der Waals surface area (Å²) >= 11 is 0. The zero-order valence-electron chi connectivity index (χ0n) is 23.4. The Bertz CT molecular complexity index is 1040. The summed E-state index contributed by atoms with van der Waals surface area (Å²) in [7, 11) is 0. The van der Waals surface area contributed by atoms with Crippen LogP contribution in [-0.2, 0) is 15.9 Å². The van der Waals surface area contributed by atoms with Gasteiger partial charge in [-0.2, -0.15) is 0 Å². The van der Waals surface area contributed by atoms with E-state index in [1.54, 1.807) is 6.20 Å². The summed E-state index contributed by atoms with van der Waals surface area (Å²) in [5.41, 5.74) is 2.55. The van der Waals surface area contributed by atoms with Gasteiger partial charge in [0.15, 0.2) is 0 Å². The summed E-state index contributed by atoms with van der Waals surface area (Å²) in [5, 5.41) is 0. The van der Waals surface area contributed by atoms with E-state index in [4.69, 9.17) is 9.47 Å². The van der Waals surface area contributed by atoms with Crippen molar-refractivity contribution in [3.05, 3.63) is 65.5 Å². The van der Waals surface area contributed by atoms with E-state index in [1.807, 2.05) is 69.1 Å². The van der Waals surface area contributed by atoms with E-state index in [1.165, 1.54) is 11.1 Å². The number of rotatable bonds is 10. The standard InChI is InChI=1S/C31H43N3O4/c1-5-37-29(35)25-12-10-23(11-13-25)8-7-17-33-18-14-24(15-19-33)22-34(30(36)38-31(2,3)4)28-20-27(28)26-9-6-16-32-21-26/h6,9-13,16,21,24,27-28H,5,7-8,14-15,17-20,22H2,1-4H3. The highest BCUT2D eigenvalue weighted by Crippen LogP contribution is 2.45. The summed E-state index contributed by atoms with van der Waals surface area (Å²) in [4.78, 5) is 33.8. The average Bonchev–Trinajstić information content (AvgIpc) is 3.69. The quantitative estimate of drug-likeness (QED) is 0.374. The molecule has 206 valence electrons. The van der Waals surface area contributed by atoms with Gasteiger partial charge in [-0.1, -0.05) is 18.2 Å². The van der Waals surface area contributed by atoms with Crippen LogP contribution in [0.3, 0.4) is 0 Å². The summed E-state index contributed by atoms with van der Waals surface area (Å²) in [5.74, 6) is 0.577. The van der Waals surface area contributed by atoms with Crippen LogP contribution in [0.15, 0.2) is 48.8 Å². The van der Waals surface area contributed by atoms with Crippen LogP contribution in [-0.4, -0.2) is 71.3 Å². The lowest BCUT2D eigenvalue weighted by Gasteiger charge is -2.35. The monoisotopic (exact) mass is 521 g/mol. The van der Waals surface area contributed by atoms with Gasteiger partial charge in [-0.3, -0.25) is 4.98 Å². The smallest absolute Gasteiger partial charge is 0.410 e. The zero-order chi connectivity index (χ0) is 27.1. The lowest BCUT2D eigenvalue weighted by atomic mass is 9.95. The van der Waals surface area contributed by atoms with Gasteiger partial charge in [0, 0.05) is 30.9 Å². The molecule has 1 saturated carbocycles. The fourth-order valence-corrected chi connectivity index (χ4v) is 5.34. The number of aryl methyl sites for hydroxylation is 1. The van der Waals surface area contributed by atoms with E-state index >= 15 is 0 Å². The average molecular weight is 522 g/mol. The van der Waals surface area contributed by atoms with Gasteiger partial charge in [-0.25, -0.2) is 9.59 Å². The molecule has 0 spiro atoms. The molecule has 0 N–H and O–H groups in total. The Morgan fingerprint density at radius 3 is 2.47 bits per heavy atom. The van der Waals surface area contributed by atoms with E-state index in [2.05, 4.69) is 16.0 Å². The number of esters is 1. The maximum absolute atomic E-state index is 13.2. The van der Waals surface area contributed by atoms with Crippen LogP contribution in [0.25, 0.3) is 0 Å². The largest absolute Gasteiger partial charge is 0.462 e. The highest BCUT2D eigenvalue weighted by atomic mass is 16.6. The number of amides is 1. The third kappa shape index (κ3) is 8.03. The molecule has 7 nitrogen and oxygen atoms in total. The van der Waals surface area contributed by atoms with Crippen molar-refractivity contribution in [2.75, 3.05) is 32.8 Å². The summed E-state index contributed by atoms with van der Waals surface area (Å²) in [6.07, 6.45) is 8.77. The number of ether oxygens (including phenoxy) is 2. The number of hydrogen-bond acceptors (Lipinski definition) is 6. The first-order valence-corrected chi connectivity index (χ1v) is 14.1. The van der Waals surface area contributed by atoms with Crippen LogP contribution in [0.2, 0.25) is 0 Å². The molecule has 1 aliphatic heterocycles. The molecule has 1 saturated heterocycles. The van der Waals surface area contributed by atoms with Crippen molar-refractivity contribution >= 4 is 12.1 Å². The van der Waals surface area contributed by atoms with E-state index in [0.29, 0.717) is 24.0 Å². The molecule has 1 aliphatic carbocycles. The molecule has 1 amide bonds. The van der Waals surface area contributed by atoms with Crippen LogP contribution in [0.5, 0.6) is 0 Å². The Morgan fingerprint density at radius 1 is 1.11 bits per heavy atom. The molecule has 7 heteroatoms. The van der Waals surface area contributed by atoms with Gasteiger partial charge < -0.3 is 19.3 Å². The first kappa shape index (κ1) is 28.1. The third-order valence-electron chi connectivity index (χ3n) is 7.46. The van der Waals surface area contributed by atoms with Crippen molar-refractivity contribution in [1.82, 2.24) is 14.8 Å². The number of aromatic nitrogens is 1. The highest BCUT2D eigenvalue weighted by Gasteiger charge is 2.46. The fraction of sp³-hybridized carbons (Fsp3) is 0.581. The Kier molecular flexibility index (Phi) is 9.42. The van der Waals surface area contributed by atoms with Gasteiger partial charge in [-0.15, -0.1) is 0 Å². The molecule has 2 heterocycles. The molecule has 2 aromatic rings. The van der Waals surface area contributed by atoms with Gasteiger partial charge in [-0.05, 0) is 115 Å². The topological polar surface area (TPSA) is 72.0 Å². The van der Waals surface area contributed by atoms with Crippen molar-refractivity contribution in [2.45, 2.75) is 77.4 Å². The minimum Gasteiger partial charge on any atom is -0.462 e. The Labute approximate surface area is 227 Å². The van der Waals surface area contributed by atoms with Crippen molar-refractivity contribution in [3.63, 3.8) is 0 Å². The van der Waals surface area contributed by atoms with Gasteiger partial charge in [0.1, 0.15) is 5.60 Å². The van der Waals surface area contributed by atoms with Gasteiger partial charge in [0.05, 0.1) is 12.2 Å². The molecule has 38 heavy (non-hydrogen) atoms. The summed E-state index contributed by atoms with van der Waals surface area (Å²) in [6.45, 7) is 12.0. The molecule has 0 radical (unpaired) electrons.